The number of rotatable bonds is 6. The molecule has 19 heavy (non-hydrogen) atoms. The molecule has 2 N–H and O–H groups in total. The van der Waals surface area contributed by atoms with Gasteiger partial charge in [0.05, 0.1) is 0 Å². The van der Waals surface area contributed by atoms with Gasteiger partial charge in [-0.25, -0.2) is 0 Å². The van der Waals surface area contributed by atoms with Crippen LogP contribution in [-0.4, -0.2) is 80.7 Å². The van der Waals surface area contributed by atoms with Crippen molar-refractivity contribution in [2.24, 2.45) is 10.0 Å². The van der Waals surface area contributed by atoms with E-state index in [2.05, 4.69) is 74.8 Å². The number of nitrogens with two attached hydrogens (primary N) is 1. The van der Waals surface area contributed by atoms with Crippen LogP contribution in [0.2, 0.25) is 0 Å². The van der Waals surface area contributed by atoms with E-state index in [1.54, 1.807) is 0 Å². The Kier molecular flexibility index (Phi) is 7.12. The normalized spacial score (nSPS) is 15.2. The van der Waals surface area contributed by atoms with Crippen molar-refractivity contribution in [1.29, 1.82) is 0 Å². The fourth-order valence-electron chi connectivity index (χ4n) is 2.28. The van der Waals surface area contributed by atoms with E-state index in [4.69, 9.17) is 10.0 Å². The third-order valence-corrected chi connectivity index (χ3v) is 12.2. The van der Waals surface area contributed by atoms with Crippen LogP contribution in [0.25, 0.3) is 0 Å². The minimum absolute atomic E-state index is 0.363. The number of hydrogen-bond acceptors (Lipinski definition) is 3. The first-order valence-corrected chi connectivity index (χ1v) is 10.2. The van der Waals surface area contributed by atoms with E-state index < -0.39 is 15.2 Å². The Labute approximate surface area is 120 Å². The summed E-state index contributed by atoms with van der Waals surface area (Å²) in [5, 5.41) is 0. The van der Waals surface area contributed by atoms with Crippen molar-refractivity contribution >= 4 is 15.2 Å². The second-order valence-electron chi connectivity index (χ2n) is 6.01. The van der Waals surface area contributed by atoms with Crippen molar-refractivity contribution in [3.63, 3.8) is 0 Å². The molecule has 0 aromatic carbocycles. The standard InChI is InChI=1S/C11H34N6P2/c1-11(2)18(12,14(3)4)13-19(15(5)6,16(7)8)17(9)10/h11,18H,12H2,1-10H3. The molecule has 6 nitrogen and oxygen atoms in total. The summed E-state index contributed by atoms with van der Waals surface area (Å²) in [6.45, 7) is 4.34. The van der Waals surface area contributed by atoms with Crippen molar-refractivity contribution in [1.82, 2.24) is 18.7 Å². The molecule has 0 aliphatic heterocycles. The van der Waals surface area contributed by atoms with Crippen LogP contribution in [0.3, 0.4) is 0 Å². The molecule has 0 rings (SSSR count). The molecule has 0 saturated carbocycles. The molecule has 8 heteroatoms. The SMILES string of the molecule is CC(C)[PH](N)(N=P(N(C)C)(N(C)C)N(C)C)N(C)C. The second kappa shape index (κ2) is 6.95. The van der Waals surface area contributed by atoms with E-state index >= 15 is 0 Å². The minimum atomic E-state index is -2.35. The Balaban J connectivity index is 6.20. The molecule has 0 bridgehead atoms. The molecule has 0 saturated heterocycles. The summed E-state index contributed by atoms with van der Waals surface area (Å²) in [5.41, 5.74) is 7.09. The fraction of sp³-hybridized carbons (Fsp3) is 1.00. The van der Waals surface area contributed by atoms with E-state index in [9.17, 15) is 0 Å². The fourth-order valence-corrected chi connectivity index (χ4v) is 11.0. The van der Waals surface area contributed by atoms with Crippen LogP contribution < -0.4 is 5.50 Å². The first kappa shape index (κ1) is 19.5. The second-order valence-corrected chi connectivity index (χ2v) is 13.9. The first-order valence-electron chi connectivity index (χ1n) is 6.56. The summed E-state index contributed by atoms with van der Waals surface area (Å²) < 4.78 is 14.1. The Hall–Kier alpha value is 0.460. The van der Waals surface area contributed by atoms with Gasteiger partial charge in [0.1, 0.15) is 0 Å². The van der Waals surface area contributed by atoms with Crippen LogP contribution in [0.5, 0.6) is 0 Å². The maximum atomic E-state index is 6.73. The third-order valence-electron chi connectivity index (χ3n) is 3.47. The zero-order valence-electron chi connectivity index (χ0n) is 14.3. The number of nitrogens with zero attached hydrogens (tertiary/aromatic N) is 5. The Morgan fingerprint density at radius 1 is 0.842 bits per heavy atom. The average molecular weight is 312 g/mol. The van der Waals surface area contributed by atoms with Crippen molar-refractivity contribution in [3.8, 4) is 0 Å². The quantitative estimate of drug-likeness (QED) is 0.761. The van der Waals surface area contributed by atoms with Crippen LogP contribution >= 0.6 is 15.2 Å². The summed E-state index contributed by atoms with van der Waals surface area (Å²) in [7, 11) is 12.3. The average Bonchev–Trinajstić information content (AvgIpc) is 2.23. The van der Waals surface area contributed by atoms with Gasteiger partial charge in [-0.05, 0) is 0 Å². The molecule has 0 aliphatic rings. The maximum absolute atomic E-state index is 6.73. The predicted octanol–water partition coefficient (Wildman–Crippen LogP) is 2.04. The molecule has 0 heterocycles. The van der Waals surface area contributed by atoms with Gasteiger partial charge in [0, 0.05) is 0 Å². The molecule has 0 atom stereocenters. The topological polar surface area (TPSA) is 51.3 Å². The van der Waals surface area contributed by atoms with E-state index in [0.29, 0.717) is 5.66 Å². The van der Waals surface area contributed by atoms with E-state index in [1.807, 2.05) is 14.1 Å². The molecular weight excluding hydrogens is 278 g/mol. The monoisotopic (exact) mass is 312 g/mol. The Morgan fingerprint density at radius 2 is 1.16 bits per heavy atom. The molecule has 0 aromatic rings. The van der Waals surface area contributed by atoms with Crippen LogP contribution in [0.15, 0.2) is 4.52 Å². The zero-order valence-corrected chi connectivity index (χ0v) is 16.2. The Bertz CT molecular complexity index is 302. The third kappa shape index (κ3) is 3.76. The van der Waals surface area contributed by atoms with Gasteiger partial charge < -0.3 is 0 Å². The van der Waals surface area contributed by atoms with Gasteiger partial charge >= 0.3 is 120 Å². The molecule has 0 radical (unpaired) electrons. The van der Waals surface area contributed by atoms with Gasteiger partial charge in [0.15, 0.2) is 0 Å². The van der Waals surface area contributed by atoms with Crippen molar-refractivity contribution in [2.75, 3.05) is 56.4 Å². The summed E-state index contributed by atoms with van der Waals surface area (Å²) in [6, 6.07) is 0. The van der Waals surface area contributed by atoms with E-state index in [0.717, 1.165) is 0 Å². The summed E-state index contributed by atoms with van der Waals surface area (Å²) in [6.07, 6.45) is 0. The molecule has 0 amide bonds. The molecule has 118 valence electrons. The van der Waals surface area contributed by atoms with Crippen LogP contribution in [0.4, 0.5) is 0 Å². The molecule has 0 unspecified atom stereocenters. The van der Waals surface area contributed by atoms with Crippen molar-refractivity contribution < 1.29 is 0 Å². The van der Waals surface area contributed by atoms with Crippen molar-refractivity contribution in [3.05, 3.63) is 0 Å². The van der Waals surface area contributed by atoms with Crippen LogP contribution in [0, 0.1) is 0 Å². The van der Waals surface area contributed by atoms with Gasteiger partial charge in [0.25, 0.3) is 0 Å². The summed E-state index contributed by atoms with van der Waals surface area (Å²) in [5.74, 6) is 0. The molecule has 0 fully saturated rings. The van der Waals surface area contributed by atoms with Gasteiger partial charge in [-0.2, -0.15) is 0 Å². The van der Waals surface area contributed by atoms with Gasteiger partial charge in [-0.15, -0.1) is 0 Å². The van der Waals surface area contributed by atoms with E-state index in [1.165, 1.54) is 0 Å². The zero-order chi connectivity index (χ0) is 15.6. The van der Waals surface area contributed by atoms with E-state index in [-0.39, 0.29) is 0 Å². The predicted molar refractivity (Wildman–Crippen MR) is 91.7 cm³/mol. The van der Waals surface area contributed by atoms with Gasteiger partial charge in [0.2, 0.25) is 0 Å². The summed E-state index contributed by atoms with van der Waals surface area (Å²) in [4.78, 5) is 0. The Morgan fingerprint density at radius 3 is 1.32 bits per heavy atom. The molecule has 0 aromatic heterocycles. The van der Waals surface area contributed by atoms with Crippen molar-refractivity contribution in [2.45, 2.75) is 19.5 Å². The van der Waals surface area contributed by atoms with Gasteiger partial charge in [-0.3, -0.25) is 0 Å². The molecule has 0 spiro atoms. The molecule has 0 aliphatic carbocycles. The van der Waals surface area contributed by atoms with Gasteiger partial charge in [-0.1, -0.05) is 0 Å². The van der Waals surface area contributed by atoms with Crippen LogP contribution in [0.1, 0.15) is 13.8 Å². The number of hydrogen-bond donors (Lipinski definition) is 1. The molecular formula is C11H34N6P2. The van der Waals surface area contributed by atoms with Crippen LogP contribution in [-0.2, 0) is 0 Å². The first-order chi connectivity index (χ1) is 8.42. The summed E-state index contributed by atoms with van der Waals surface area (Å²) >= 11 is 0.